The van der Waals surface area contributed by atoms with E-state index >= 15 is 0 Å². The van der Waals surface area contributed by atoms with Gasteiger partial charge in [-0.25, -0.2) is 0 Å². The van der Waals surface area contributed by atoms with Gasteiger partial charge in [0, 0.05) is 29.3 Å². The quantitative estimate of drug-likeness (QED) is 0.605. The van der Waals surface area contributed by atoms with Crippen LogP contribution in [0.15, 0.2) is 48.8 Å². The number of nitrogens with one attached hydrogen (secondary N) is 2. The third-order valence-corrected chi connectivity index (χ3v) is 4.37. The second-order valence-corrected chi connectivity index (χ2v) is 6.31. The maximum Gasteiger partial charge on any atom is 0.255 e. The van der Waals surface area contributed by atoms with Crippen LogP contribution in [0, 0.1) is 4.77 Å². The second kappa shape index (κ2) is 7.31. The van der Waals surface area contributed by atoms with Gasteiger partial charge in [0.15, 0.2) is 10.5 Å². The summed E-state index contributed by atoms with van der Waals surface area (Å²) >= 11 is 17.4. The summed E-state index contributed by atoms with van der Waals surface area (Å²) in [7, 11) is 1.46. The lowest BCUT2D eigenvalue weighted by atomic mass is 10.2. The van der Waals surface area contributed by atoms with Gasteiger partial charge in [0.25, 0.3) is 5.91 Å². The number of hydrogen-bond acceptors (Lipinski definition) is 3. The Balaban J connectivity index is 1.87. The van der Waals surface area contributed by atoms with Gasteiger partial charge in [0.2, 0.25) is 0 Å². The number of carbonyl (C=O) groups is 1. The molecule has 1 heterocycles. The van der Waals surface area contributed by atoms with Crippen molar-refractivity contribution in [3.8, 4) is 11.4 Å². The maximum atomic E-state index is 12.5. The van der Waals surface area contributed by atoms with Crippen molar-refractivity contribution in [3.05, 3.63) is 69.2 Å². The Bertz CT molecular complexity index is 974. The highest BCUT2D eigenvalue weighted by Gasteiger charge is 2.14. The lowest BCUT2D eigenvalue weighted by Gasteiger charge is -2.10. The molecule has 8 heteroatoms. The van der Waals surface area contributed by atoms with E-state index in [0.717, 1.165) is 5.69 Å². The smallest absolute Gasteiger partial charge is 0.255 e. The normalized spacial score (nSPS) is 10.5. The van der Waals surface area contributed by atoms with Gasteiger partial charge >= 0.3 is 0 Å². The van der Waals surface area contributed by atoms with Crippen LogP contribution >= 0.6 is 35.4 Å². The number of H-pyrrole nitrogens is 1. The number of aromatic nitrogens is 2. The minimum absolute atomic E-state index is 0.271. The molecule has 0 atom stereocenters. The van der Waals surface area contributed by atoms with Gasteiger partial charge in [-0.3, -0.25) is 9.36 Å². The van der Waals surface area contributed by atoms with Crippen molar-refractivity contribution in [3.63, 3.8) is 0 Å². The Morgan fingerprint density at radius 3 is 2.56 bits per heavy atom. The number of carbonyl (C=O) groups excluding carboxylic acids is 1. The van der Waals surface area contributed by atoms with E-state index in [0.29, 0.717) is 21.8 Å². The molecule has 0 saturated heterocycles. The second-order valence-electron chi connectivity index (χ2n) is 5.11. The van der Waals surface area contributed by atoms with Crippen molar-refractivity contribution in [1.29, 1.82) is 0 Å². The van der Waals surface area contributed by atoms with Gasteiger partial charge in [0.05, 0.1) is 17.2 Å². The summed E-state index contributed by atoms with van der Waals surface area (Å²) in [5.41, 5.74) is 1.78. The molecule has 0 radical (unpaired) electrons. The topological polar surface area (TPSA) is 59.0 Å². The molecule has 3 aromatic rings. The van der Waals surface area contributed by atoms with Gasteiger partial charge < -0.3 is 15.0 Å². The van der Waals surface area contributed by atoms with E-state index in [-0.39, 0.29) is 16.0 Å². The molecule has 0 spiro atoms. The molecule has 0 aliphatic carbocycles. The summed E-state index contributed by atoms with van der Waals surface area (Å²) in [5, 5.41) is 3.36. The van der Waals surface area contributed by atoms with Crippen LogP contribution in [0.5, 0.6) is 5.75 Å². The van der Waals surface area contributed by atoms with Crippen LogP contribution in [-0.4, -0.2) is 22.6 Å². The predicted octanol–water partition coefficient (Wildman–Crippen LogP) is 5.10. The van der Waals surface area contributed by atoms with Crippen LogP contribution in [0.1, 0.15) is 10.4 Å². The number of anilines is 1. The van der Waals surface area contributed by atoms with Crippen molar-refractivity contribution in [2.75, 3.05) is 12.4 Å². The number of rotatable bonds is 4. The third kappa shape index (κ3) is 3.71. The van der Waals surface area contributed by atoms with E-state index in [1.165, 1.54) is 19.2 Å². The minimum atomic E-state index is -0.332. The molecule has 128 valence electrons. The molecule has 0 aliphatic rings. The highest BCUT2D eigenvalue weighted by molar-refractivity contribution is 7.71. The first kappa shape index (κ1) is 17.5. The number of hydrogen-bond donors (Lipinski definition) is 2. The molecule has 0 aliphatic heterocycles. The van der Waals surface area contributed by atoms with Crippen LogP contribution in [0.25, 0.3) is 5.69 Å². The number of aromatic amines is 1. The molecule has 2 N–H and O–H groups in total. The summed E-state index contributed by atoms with van der Waals surface area (Å²) in [6.07, 6.45) is 3.56. The molecule has 0 fully saturated rings. The number of benzene rings is 2. The zero-order chi connectivity index (χ0) is 18.0. The molecule has 5 nitrogen and oxygen atoms in total. The largest absolute Gasteiger partial charge is 0.494 e. The molecule has 25 heavy (non-hydrogen) atoms. The summed E-state index contributed by atoms with van der Waals surface area (Å²) in [6.45, 7) is 0. The number of amides is 1. The number of nitrogens with zero attached hydrogens (tertiary/aromatic N) is 1. The summed E-state index contributed by atoms with van der Waals surface area (Å²) in [5.74, 6) is 0.00461. The van der Waals surface area contributed by atoms with Crippen molar-refractivity contribution in [2.45, 2.75) is 0 Å². The lowest BCUT2D eigenvalue weighted by molar-refractivity contribution is 0.102. The third-order valence-electron chi connectivity index (χ3n) is 3.50. The molecular formula is C17H13Cl2N3O2S. The average molecular weight is 394 g/mol. The van der Waals surface area contributed by atoms with Gasteiger partial charge in [-0.05, 0) is 42.5 Å². The monoisotopic (exact) mass is 393 g/mol. The van der Waals surface area contributed by atoms with Gasteiger partial charge in [-0.2, -0.15) is 0 Å². The average Bonchev–Trinajstić information content (AvgIpc) is 3.01. The van der Waals surface area contributed by atoms with Crippen molar-refractivity contribution >= 4 is 47.0 Å². The zero-order valence-electron chi connectivity index (χ0n) is 13.0. The minimum Gasteiger partial charge on any atom is -0.494 e. The van der Waals surface area contributed by atoms with Crippen molar-refractivity contribution in [1.82, 2.24) is 9.55 Å². The summed E-state index contributed by atoms with van der Waals surface area (Å²) in [4.78, 5) is 15.4. The fraction of sp³-hybridized carbons (Fsp3) is 0.0588. The van der Waals surface area contributed by atoms with Crippen LogP contribution in [0.2, 0.25) is 10.0 Å². The Kier molecular flexibility index (Phi) is 5.13. The number of halogens is 2. The molecule has 0 unspecified atom stereocenters. The van der Waals surface area contributed by atoms with Gasteiger partial charge in [-0.15, -0.1) is 0 Å². The first-order valence-electron chi connectivity index (χ1n) is 7.20. The van der Waals surface area contributed by atoms with Gasteiger partial charge in [0.1, 0.15) is 0 Å². The molecule has 2 aromatic carbocycles. The molecule has 1 aromatic heterocycles. The van der Waals surface area contributed by atoms with E-state index in [4.69, 9.17) is 40.2 Å². The first-order chi connectivity index (χ1) is 12.0. The van der Waals surface area contributed by atoms with Gasteiger partial charge in [-0.1, -0.05) is 29.3 Å². The van der Waals surface area contributed by atoms with E-state index in [9.17, 15) is 4.79 Å². The Labute approximate surface area is 159 Å². The fourth-order valence-corrected chi connectivity index (χ4v) is 3.22. The highest BCUT2D eigenvalue weighted by atomic mass is 35.5. The molecule has 3 rings (SSSR count). The van der Waals surface area contributed by atoms with Crippen molar-refractivity contribution in [2.24, 2.45) is 0 Å². The fourth-order valence-electron chi connectivity index (χ4n) is 2.35. The van der Waals surface area contributed by atoms with E-state index in [1.54, 1.807) is 16.8 Å². The van der Waals surface area contributed by atoms with Crippen LogP contribution in [0.4, 0.5) is 5.69 Å². The van der Waals surface area contributed by atoms with E-state index in [2.05, 4.69) is 10.3 Å². The molecule has 0 saturated carbocycles. The van der Waals surface area contributed by atoms with E-state index in [1.807, 2.05) is 24.4 Å². The molecule has 0 bridgehead atoms. The Hall–Kier alpha value is -2.28. The summed E-state index contributed by atoms with van der Waals surface area (Å²) < 4.78 is 7.45. The Morgan fingerprint density at radius 1 is 1.24 bits per heavy atom. The van der Waals surface area contributed by atoms with Crippen LogP contribution in [0.3, 0.4) is 0 Å². The molecular weight excluding hydrogens is 381 g/mol. The van der Waals surface area contributed by atoms with Crippen molar-refractivity contribution < 1.29 is 9.53 Å². The molecule has 1 amide bonds. The van der Waals surface area contributed by atoms with E-state index < -0.39 is 0 Å². The first-order valence-corrected chi connectivity index (χ1v) is 8.37. The number of ether oxygens (including phenoxy) is 1. The standard InChI is InChI=1S/C17H13Cl2N3O2S/c1-24-15-13(18)7-10(8-14(15)19)16(23)21-11-3-2-4-12(9-11)22-6-5-20-17(22)25/h2-9H,1H3,(H,20,25)(H,21,23). The zero-order valence-corrected chi connectivity index (χ0v) is 15.4. The highest BCUT2D eigenvalue weighted by Crippen LogP contribution is 2.34. The summed E-state index contributed by atoms with van der Waals surface area (Å²) in [6, 6.07) is 10.3. The SMILES string of the molecule is COc1c(Cl)cc(C(=O)Nc2cccc(-n3cc[nH]c3=S)c2)cc1Cl. The number of methoxy groups -OCH3 is 1. The number of imidazole rings is 1. The van der Waals surface area contributed by atoms with Crippen LogP contribution < -0.4 is 10.1 Å². The Morgan fingerprint density at radius 2 is 1.96 bits per heavy atom. The lowest BCUT2D eigenvalue weighted by Crippen LogP contribution is -2.12. The maximum absolute atomic E-state index is 12.5. The predicted molar refractivity (Wildman–Crippen MR) is 102 cm³/mol. The van der Waals surface area contributed by atoms with Crippen LogP contribution in [-0.2, 0) is 0 Å².